The minimum Gasteiger partial charge on any atom is -0.512 e. The third kappa shape index (κ3) is 7.18. The zero-order valence-corrected chi connectivity index (χ0v) is 29.8. The van der Waals surface area contributed by atoms with Crippen molar-refractivity contribution in [2.45, 2.75) is 80.6 Å². The van der Waals surface area contributed by atoms with Crippen LogP contribution in [0.3, 0.4) is 0 Å². The first-order valence-electron chi connectivity index (χ1n) is 16.0. The van der Waals surface area contributed by atoms with E-state index in [4.69, 9.17) is 8.83 Å². The van der Waals surface area contributed by atoms with Gasteiger partial charge in [-0.05, 0) is 78.1 Å². The van der Waals surface area contributed by atoms with E-state index in [9.17, 15) is 9.90 Å². The number of ketones is 1. The molecule has 45 heavy (non-hydrogen) atoms. The van der Waals surface area contributed by atoms with Gasteiger partial charge < -0.3 is 13.9 Å². The maximum absolute atomic E-state index is 11.7. The van der Waals surface area contributed by atoms with Gasteiger partial charge >= 0.3 is 0 Å². The fraction of sp³-hybridized carbons (Fsp3) is 0.385. The van der Waals surface area contributed by atoms with E-state index in [1.54, 1.807) is 6.20 Å². The Hall–Kier alpha value is -3.47. The normalized spacial score (nSPS) is 12.4. The maximum Gasteiger partial charge on any atom is 0.162 e. The van der Waals surface area contributed by atoms with Crippen molar-refractivity contribution in [2.24, 2.45) is 17.3 Å². The SMILES string of the molecule is CC(C)(C)Cc1cc2oc3cccnc3c3[c-]c4ccccc4c4oc(c1)c2c34.CCC(CC)C(=O)/C=C(\O)C(CC)CC.[Ir]. The summed E-state index contributed by atoms with van der Waals surface area (Å²) in [4.78, 5) is 16.4. The van der Waals surface area contributed by atoms with Crippen LogP contribution in [0.15, 0.2) is 75.4 Å². The van der Waals surface area contributed by atoms with Gasteiger partial charge in [0.25, 0.3) is 0 Å². The summed E-state index contributed by atoms with van der Waals surface area (Å²) in [5.74, 6) is 0.547. The van der Waals surface area contributed by atoms with Gasteiger partial charge in [0.1, 0.15) is 16.7 Å². The number of carbonyl (C=O) groups excluding carboxylic acids is 1. The molecule has 0 aliphatic carbocycles. The fourth-order valence-electron chi connectivity index (χ4n) is 6.19. The first kappa shape index (κ1) is 34.4. The summed E-state index contributed by atoms with van der Waals surface area (Å²) in [7, 11) is 0. The monoisotopic (exact) mass is 783 g/mol. The first-order valence-corrected chi connectivity index (χ1v) is 16.0. The van der Waals surface area contributed by atoms with Crippen molar-refractivity contribution in [2.75, 3.05) is 0 Å². The number of hydrogen-bond acceptors (Lipinski definition) is 5. The van der Waals surface area contributed by atoms with Crippen molar-refractivity contribution in [3.05, 3.63) is 78.2 Å². The second-order valence-electron chi connectivity index (χ2n) is 13.0. The summed E-state index contributed by atoms with van der Waals surface area (Å²) in [5, 5.41) is 14.8. The number of furan rings is 1. The van der Waals surface area contributed by atoms with Crippen LogP contribution in [0.5, 0.6) is 0 Å². The summed E-state index contributed by atoms with van der Waals surface area (Å²) < 4.78 is 12.9. The number of aliphatic hydroxyl groups is 1. The second kappa shape index (κ2) is 14.3. The van der Waals surface area contributed by atoms with Crippen molar-refractivity contribution in [1.82, 2.24) is 4.98 Å². The second-order valence-corrected chi connectivity index (χ2v) is 13.0. The average Bonchev–Trinajstić information content (AvgIpc) is 3.31. The van der Waals surface area contributed by atoms with E-state index in [1.807, 2.05) is 52.0 Å². The summed E-state index contributed by atoms with van der Waals surface area (Å²) >= 11 is 0. The Morgan fingerprint density at radius 3 is 2.18 bits per heavy atom. The van der Waals surface area contributed by atoms with Gasteiger partial charge in [-0.2, -0.15) is 0 Å². The summed E-state index contributed by atoms with van der Waals surface area (Å²) in [5.41, 5.74) is 5.50. The fourth-order valence-corrected chi connectivity index (χ4v) is 6.19. The zero-order chi connectivity index (χ0) is 31.6. The van der Waals surface area contributed by atoms with Gasteiger partial charge in [0.15, 0.2) is 5.78 Å². The number of rotatable bonds is 8. The smallest absolute Gasteiger partial charge is 0.162 e. The van der Waals surface area contributed by atoms with Gasteiger partial charge in [0.05, 0.1) is 11.3 Å². The Kier molecular flexibility index (Phi) is 10.9. The Morgan fingerprint density at radius 1 is 0.889 bits per heavy atom. The average molecular weight is 783 g/mol. The molecule has 0 aliphatic heterocycles. The predicted octanol–water partition coefficient (Wildman–Crippen LogP) is 11.3. The number of hydrogen-bond donors (Lipinski definition) is 1. The molecule has 0 amide bonds. The summed E-state index contributed by atoms with van der Waals surface area (Å²) in [6.07, 6.45) is 7.65. The van der Waals surface area contributed by atoms with Crippen LogP contribution in [0.25, 0.3) is 54.8 Å². The summed E-state index contributed by atoms with van der Waals surface area (Å²) in [6.45, 7) is 14.8. The molecule has 239 valence electrons. The standard InChI is InChI=1S/C26H20NO2.C13H24O2.Ir/c1-26(2,3)14-15-11-20-23-21(12-15)29-25-17-8-5-4-7-16(17)13-18(22(23)25)24-19(28-20)9-6-10-27-24;1-5-10(6-2)12(14)9-13(15)11(7-3)8-4;/h4-12H,14H2,1-3H3;9-11,14H,5-8H2,1-4H3;/q-1;;/b;12-9-;. The molecule has 3 aromatic carbocycles. The molecular formula is C39H44IrNO4-. The molecule has 0 fully saturated rings. The van der Waals surface area contributed by atoms with Crippen LogP contribution in [0.1, 0.15) is 79.7 Å². The zero-order valence-electron chi connectivity index (χ0n) is 27.4. The third-order valence-electron chi connectivity index (χ3n) is 8.54. The van der Waals surface area contributed by atoms with E-state index in [0.717, 1.165) is 86.9 Å². The number of nitrogens with zero attached hydrogens (tertiary/aromatic N) is 1. The minimum absolute atomic E-state index is 0. The third-order valence-corrected chi connectivity index (χ3v) is 8.54. The van der Waals surface area contributed by atoms with Gasteiger partial charge in [-0.25, -0.2) is 0 Å². The summed E-state index contributed by atoms with van der Waals surface area (Å²) in [6, 6.07) is 20.0. The number of allylic oxidation sites excluding steroid dienone is 2. The number of aromatic nitrogens is 1. The van der Waals surface area contributed by atoms with Crippen LogP contribution in [0.4, 0.5) is 0 Å². The molecule has 1 radical (unpaired) electrons. The molecule has 0 bridgehead atoms. The number of aliphatic hydroxyl groups excluding tert-OH is 1. The van der Waals surface area contributed by atoms with Crippen LogP contribution >= 0.6 is 0 Å². The maximum atomic E-state index is 11.7. The van der Waals surface area contributed by atoms with E-state index >= 15 is 0 Å². The minimum atomic E-state index is 0. The Morgan fingerprint density at radius 2 is 1.53 bits per heavy atom. The topological polar surface area (TPSA) is 76.5 Å². The van der Waals surface area contributed by atoms with Crippen LogP contribution in [0.2, 0.25) is 0 Å². The van der Waals surface area contributed by atoms with E-state index in [2.05, 4.69) is 56.1 Å². The van der Waals surface area contributed by atoms with E-state index in [-0.39, 0.29) is 48.9 Å². The van der Waals surface area contributed by atoms with Gasteiger partial charge in [-0.3, -0.25) is 9.78 Å². The molecule has 1 N–H and O–H groups in total. The van der Waals surface area contributed by atoms with Gasteiger partial charge in [-0.1, -0.05) is 72.1 Å². The van der Waals surface area contributed by atoms with Crippen LogP contribution in [0, 0.1) is 23.3 Å². The molecule has 3 heterocycles. The van der Waals surface area contributed by atoms with Crippen molar-refractivity contribution < 1.29 is 38.8 Å². The van der Waals surface area contributed by atoms with Gasteiger partial charge in [0, 0.05) is 55.1 Å². The molecule has 0 spiro atoms. The van der Waals surface area contributed by atoms with Crippen LogP contribution < -0.4 is 0 Å². The molecule has 0 saturated carbocycles. The molecular weight excluding hydrogens is 739 g/mol. The van der Waals surface area contributed by atoms with Gasteiger partial charge in [0.2, 0.25) is 0 Å². The number of carbonyl (C=O) groups is 1. The van der Waals surface area contributed by atoms with E-state index < -0.39 is 0 Å². The number of benzene rings is 3. The van der Waals surface area contributed by atoms with Crippen LogP contribution in [-0.4, -0.2) is 15.9 Å². The van der Waals surface area contributed by atoms with Crippen LogP contribution in [-0.2, 0) is 31.3 Å². The molecule has 0 unspecified atom stereocenters. The predicted molar refractivity (Wildman–Crippen MR) is 182 cm³/mol. The molecule has 0 aliphatic rings. The van der Waals surface area contributed by atoms with Crippen molar-refractivity contribution >= 4 is 60.6 Å². The molecule has 3 aromatic heterocycles. The Bertz CT molecular complexity index is 1970. The number of pyridine rings is 1. The largest absolute Gasteiger partial charge is 0.512 e. The molecule has 0 atom stereocenters. The van der Waals surface area contributed by atoms with Crippen molar-refractivity contribution in [1.29, 1.82) is 0 Å². The Balaban J connectivity index is 0.000000249. The molecule has 5 nitrogen and oxygen atoms in total. The molecule has 6 aromatic rings. The quantitative estimate of drug-likeness (QED) is 0.0945. The van der Waals surface area contributed by atoms with Crippen molar-refractivity contribution in [3.8, 4) is 0 Å². The number of fused-ring (bicyclic) bond motifs is 4. The van der Waals surface area contributed by atoms with Gasteiger partial charge in [-0.15, -0.1) is 17.5 Å². The van der Waals surface area contributed by atoms with E-state index in [1.165, 1.54) is 11.6 Å². The Labute approximate surface area is 279 Å². The molecule has 0 saturated heterocycles. The van der Waals surface area contributed by atoms with Crippen molar-refractivity contribution in [3.63, 3.8) is 0 Å². The molecule has 6 heteroatoms. The van der Waals surface area contributed by atoms with E-state index in [0.29, 0.717) is 0 Å². The first-order chi connectivity index (χ1) is 21.1. The molecule has 6 rings (SSSR count).